The highest BCUT2D eigenvalue weighted by atomic mass is 32.2. The lowest BCUT2D eigenvalue weighted by atomic mass is 9.97. The maximum Gasteiger partial charge on any atom is 0.345 e. The molecule has 11 heteroatoms. The Balaban J connectivity index is 1.56. The Morgan fingerprint density at radius 2 is 1.77 bits per heavy atom. The van der Waals surface area contributed by atoms with E-state index in [0.29, 0.717) is 18.4 Å². The van der Waals surface area contributed by atoms with E-state index in [-0.39, 0.29) is 41.3 Å². The second kappa shape index (κ2) is 8.19. The van der Waals surface area contributed by atoms with Gasteiger partial charge in [0.1, 0.15) is 5.82 Å². The quantitative estimate of drug-likeness (QED) is 0.511. The normalized spacial score (nSPS) is 19.2. The molecule has 0 radical (unpaired) electrons. The monoisotopic (exact) mass is 449 g/mol. The first kappa shape index (κ1) is 21.7. The number of sulfonamides is 1. The summed E-state index contributed by atoms with van der Waals surface area (Å²) in [6, 6.07) is 4.08. The molecule has 1 aliphatic heterocycles. The molecule has 2 aromatic rings. The van der Waals surface area contributed by atoms with Crippen molar-refractivity contribution in [2.75, 3.05) is 13.1 Å². The molecule has 31 heavy (non-hydrogen) atoms. The van der Waals surface area contributed by atoms with Crippen LogP contribution in [0.5, 0.6) is 0 Å². The maximum absolute atomic E-state index is 13.2. The average Bonchev–Trinajstić information content (AvgIpc) is 3.36. The van der Waals surface area contributed by atoms with Gasteiger partial charge in [0.15, 0.2) is 0 Å². The number of non-ortho nitro benzene ring substituents is 1. The molecule has 10 nitrogen and oxygen atoms in total. The SMILES string of the molecule is Cc1ccc([N+](=O)[O-])cc1S(=O)(=O)N1CCC(c2nn(C)c(=O)n2C2CCCC2)CC1. The van der Waals surface area contributed by atoms with Crippen molar-refractivity contribution >= 4 is 15.7 Å². The Hall–Kier alpha value is -2.53. The zero-order valence-corrected chi connectivity index (χ0v) is 18.5. The zero-order chi connectivity index (χ0) is 22.3. The first-order valence-electron chi connectivity index (χ1n) is 10.6. The minimum absolute atomic E-state index is 0.00663. The van der Waals surface area contributed by atoms with Crippen LogP contribution in [0.1, 0.15) is 61.9 Å². The fourth-order valence-corrected chi connectivity index (χ4v) is 6.47. The van der Waals surface area contributed by atoms with E-state index in [9.17, 15) is 23.3 Å². The molecule has 2 fully saturated rings. The number of aryl methyl sites for hydroxylation is 2. The van der Waals surface area contributed by atoms with Crippen LogP contribution in [-0.4, -0.2) is 45.1 Å². The number of nitro benzene ring substituents is 1. The van der Waals surface area contributed by atoms with E-state index in [1.54, 1.807) is 14.0 Å². The third kappa shape index (κ3) is 3.91. The summed E-state index contributed by atoms with van der Waals surface area (Å²) in [6.07, 6.45) is 5.25. The van der Waals surface area contributed by atoms with Crippen LogP contribution >= 0.6 is 0 Å². The van der Waals surface area contributed by atoms with Gasteiger partial charge in [-0.1, -0.05) is 18.9 Å². The van der Waals surface area contributed by atoms with Gasteiger partial charge < -0.3 is 0 Å². The standard InChI is InChI=1S/C20H27N5O5S/c1-14-7-8-17(25(27)28)13-18(14)31(29,30)23-11-9-15(10-12-23)19-21-22(2)20(26)24(19)16-5-3-4-6-16/h7-8,13,15-16H,3-6,9-12H2,1-2H3. The van der Waals surface area contributed by atoms with Crippen LogP contribution in [0.2, 0.25) is 0 Å². The van der Waals surface area contributed by atoms with E-state index in [2.05, 4.69) is 5.10 Å². The van der Waals surface area contributed by atoms with Gasteiger partial charge in [-0.2, -0.15) is 9.40 Å². The third-order valence-corrected chi connectivity index (χ3v) is 8.53. The molecular formula is C20H27N5O5S. The van der Waals surface area contributed by atoms with Gasteiger partial charge in [0.25, 0.3) is 5.69 Å². The number of hydrogen-bond acceptors (Lipinski definition) is 6. The molecule has 168 valence electrons. The lowest BCUT2D eigenvalue weighted by Crippen LogP contribution is -2.39. The van der Waals surface area contributed by atoms with Crippen molar-refractivity contribution in [3.63, 3.8) is 0 Å². The molecule has 2 heterocycles. The Morgan fingerprint density at radius 3 is 2.39 bits per heavy atom. The van der Waals surface area contributed by atoms with Crippen molar-refractivity contribution in [1.82, 2.24) is 18.7 Å². The molecule has 0 atom stereocenters. The van der Waals surface area contributed by atoms with Crippen LogP contribution in [-0.2, 0) is 17.1 Å². The van der Waals surface area contributed by atoms with Crippen molar-refractivity contribution in [1.29, 1.82) is 0 Å². The van der Waals surface area contributed by atoms with Gasteiger partial charge in [0.05, 0.1) is 9.82 Å². The first-order chi connectivity index (χ1) is 14.7. The number of nitrogens with zero attached hydrogens (tertiary/aromatic N) is 5. The highest BCUT2D eigenvalue weighted by molar-refractivity contribution is 7.89. The van der Waals surface area contributed by atoms with Crippen LogP contribution in [0.25, 0.3) is 0 Å². The average molecular weight is 450 g/mol. The highest BCUT2D eigenvalue weighted by Crippen LogP contribution is 2.35. The molecule has 2 aliphatic rings. The molecule has 0 amide bonds. The summed E-state index contributed by atoms with van der Waals surface area (Å²) in [5, 5.41) is 15.6. The van der Waals surface area contributed by atoms with E-state index in [0.717, 1.165) is 37.6 Å². The lowest BCUT2D eigenvalue weighted by Gasteiger charge is -2.31. The third-order valence-electron chi connectivity index (χ3n) is 6.49. The van der Waals surface area contributed by atoms with Crippen LogP contribution in [0.15, 0.2) is 27.9 Å². The van der Waals surface area contributed by atoms with E-state index >= 15 is 0 Å². The van der Waals surface area contributed by atoms with Gasteiger partial charge in [0, 0.05) is 44.2 Å². The van der Waals surface area contributed by atoms with Crippen LogP contribution in [0.4, 0.5) is 5.69 Å². The Morgan fingerprint density at radius 1 is 1.13 bits per heavy atom. The molecule has 0 N–H and O–H groups in total. The second-order valence-corrected chi connectivity index (χ2v) is 10.4. The first-order valence-corrected chi connectivity index (χ1v) is 12.0. The zero-order valence-electron chi connectivity index (χ0n) is 17.7. The summed E-state index contributed by atoms with van der Waals surface area (Å²) in [4.78, 5) is 23.1. The molecular weight excluding hydrogens is 422 g/mol. The number of rotatable bonds is 5. The summed E-state index contributed by atoms with van der Waals surface area (Å²) >= 11 is 0. The van der Waals surface area contributed by atoms with E-state index in [4.69, 9.17) is 0 Å². The van der Waals surface area contributed by atoms with E-state index < -0.39 is 14.9 Å². The molecule has 1 aliphatic carbocycles. The molecule has 4 rings (SSSR count). The molecule has 1 aromatic carbocycles. The molecule has 1 saturated heterocycles. The summed E-state index contributed by atoms with van der Waals surface area (Å²) in [5.74, 6) is 0.759. The van der Waals surface area contributed by atoms with Crippen molar-refractivity contribution in [2.45, 2.75) is 62.3 Å². The summed E-state index contributed by atoms with van der Waals surface area (Å²) in [6.45, 7) is 2.20. The fourth-order valence-electron chi connectivity index (χ4n) is 4.76. The number of nitro groups is 1. The molecule has 1 saturated carbocycles. The number of aromatic nitrogens is 3. The molecule has 1 aromatic heterocycles. The highest BCUT2D eigenvalue weighted by Gasteiger charge is 2.35. The topological polar surface area (TPSA) is 120 Å². The lowest BCUT2D eigenvalue weighted by molar-refractivity contribution is -0.385. The predicted octanol–water partition coefficient (Wildman–Crippen LogP) is 2.48. The van der Waals surface area contributed by atoms with Crippen LogP contribution in [0, 0.1) is 17.0 Å². The van der Waals surface area contributed by atoms with Gasteiger partial charge in [-0.15, -0.1) is 0 Å². The minimum atomic E-state index is -3.85. The van der Waals surface area contributed by atoms with Gasteiger partial charge in [-0.25, -0.2) is 17.9 Å². The van der Waals surface area contributed by atoms with Gasteiger partial charge in [-0.3, -0.25) is 14.7 Å². The number of piperidine rings is 1. The maximum atomic E-state index is 13.2. The van der Waals surface area contributed by atoms with Crippen molar-refractivity contribution in [2.24, 2.45) is 7.05 Å². The van der Waals surface area contributed by atoms with E-state index in [1.807, 2.05) is 4.57 Å². The fraction of sp³-hybridized carbons (Fsp3) is 0.600. The Bertz CT molecular complexity index is 1160. The Labute approximate surface area is 180 Å². The summed E-state index contributed by atoms with van der Waals surface area (Å²) in [5.41, 5.74) is 0.129. The van der Waals surface area contributed by atoms with Gasteiger partial charge in [0.2, 0.25) is 10.0 Å². The predicted molar refractivity (Wildman–Crippen MR) is 114 cm³/mol. The second-order valence-electron chi connectivity index (χ2n) is 8.46. The van der Waals surface area contributed by atoms with Gasteiger partial charge >= 0.3 is 5.69 Å². The molecule has 0 spiro atoms. The minimum Gasteiger partial charge on any atom is -0.276 e. The Kier molecular flexibility index (Phi) is 5.73. The summed E-state index contributed by atoms with van der Waals surface area (Å²) in [7, 11) is -2.19. The van der Waals surface area contributed by atoms with E-state index in [1.165, 1.54) is 21.1 Å². The van der Waals surface area contributed by atoms with Crippen LogP contribution in [0.3, 0.4) is 0 Å². The van der Waals surface area contributed by atoms with Crippen LogP contribution < -0.4 is 5.69 Å². The van der Waals surface area contributed by atoms with Crippen molar-refractivity contribution < 1.29 is 13.3 Å². The van der Waals surface area contributed by atoms with Crippen molar-refractivity contribution in [3.05, 3.63) is 50.2 Å². The molecule has 0 bridgehead atoms. The largest absolute Gasteiger partial charge is 0.345 e. The smallest absolute Gasteiger partial charge is 0.276 e. The summed E-state index contributed by atoms with van der Waals surface area (Å²) < 4.78 is 31.0. The van der Waals surface area contributed by atoms with Crippen molar-refractivity contribution in [3.8, 4) is 0 Å². The van der Waals surface area contributed by atoms with Gasteiger partial charge in [-0.05, 0) is 38.2 Å². The number of hydrogen-bond donors (Lipinski definition) is 0. The number of benzene rings is 1. The molecule has 0 unspecified atom stereocenters.